The molecule has 1 aliphatic heterocycles. The van der Waals surface area contributed by atoms with Crippen LogP contribution in [0.4, 0.5) is 0 Å². The number of rotatable bonds is 1. The van der Waals surface area contributed by atoms with E-state index >= 15 is 0 Å². The average Bonchev–Trinajstić information content (AvgIpc) is 2.52. The van der Waals surface area contributed by atoms with E-state index in [2.05, 4.69) is 56.7 Å². The summed E-state index contributed by atoms with van der Waals surface area (Å²) < 4.78 is 0.236. The van der Waals surface area contributed by atoms with Crippen molar-refractivity contribution in [2.75, 3.05) is 0 Å². The van der Waals surface area contributed by atoms with Gasteiger partial charge in [-0.3, -0.25) is 0 Å². The molecule has 1 aromatic carbocycles. The minimum atomic E-state index is -0.982. The van der Waals surface area contributed by atoms with E-state index in [1.807, 2.05) is 17.8 Å². The Labute approximate surface area is 152 Å². The van der Waals surface area contributed by atoms with E-state index in [0.29, 0.717) is 5.69 Å². The molecule has 0 unspecified atom stereocenters. The third-order valence-electron chi connectivity index (χ3n) is 4.31. The number of hydrogen-bond donors (Lipinski definition) is 1. The van der Waals surface area contributed by atoms with Crippen LogP contribution in [-0.4, -0.2) is 20.8 Å². The summed E-state index contributed by atoms with van der Waals surface area (Å²) in [4.78, 5) is 16.3. The van der Waals surface area contributed by atoms with Crippen LogP contribution >= 0.6 is 11.8 Å². The van der Waals surface area contributed by atoms with Crippen LogP contribution in [-0.2, 0) is 5.41 Å². The average molecular weight is 351 g/mol. The van der Waals surface area contributed by atoms with Gasteiger partial charge in [-0.25, -0.2) is 9.78 Å². The summed E-state index contributed by atoms with van der Waals surface area (Å²) in [5.41, 5.74) is 3.15. The van der Waals surface area contributed by atoms with E-state index < -0.39 is 5.97 Å². The molecule has 1 aliphatic rings. The van der Waals surface area contributed by atoms with Crippen molar-refractivity contribution in [3.8, 4) is 11.8 Å². The zero-order valence-electron chi connectivity index (χ0n) is 14.9. The maximum absolute atomic E-state index is 10.9. The summed E-state index contributed by atoms with van der Waals surface area (Å²) in [6, 6.07) is 9.54. The molecule has 0 bridgehead atoms. The number of benzene rings is 1. The van der Waals surface area contributed by atoms with Gasteiger partial charge in [0.25, 0.3) is 0 Å². The van der Waals surface area contributed by atoms with Gasteiger partial charge < -0.3 is 5.11 Å². The van der Waals surface area contributed by atoms with E-state index in [0.717, 1.165) is 12.0 Å². The van der Waals surface area contributed by atoms with Crippen molar-refractivity contribution in [2.45, 2.75) is 49.2 Å². The van der Waals surface area contributed by atoms with Crippen LogP contribution < -0.4 is 0 Å². The Kier molecular flexibility index (Phi) is 4.38. The van der Waals surface area contributed by atoms with Gasteiger partial charge in [-0.05, 0) is 53.7 Å². The molecule has 0 spiro atoms. The van der Waals surface area contributed by atoms with E-state index in [-0.39, 0.29) is 15.7 Å². The first-order valence-electron chi connectivity index (χ1n) is 8.21. The second kappa shape index (κ2) is 6.24. The number of carboxylic acids is 1. The topological polar surface area (TPSA) is 50.2 Å². The minimum Gasteiger partial charge on any atom is -0.478 e. The molecular weight excluding hydrogens is 330 g/mol. The zero-order chi connectivity index (χ0) is 18.2. The van der Waals surface area contributed by atoms with Gasteiger partial charge in [0.2, 0.25) is 0 Å². The highest BCUT2D eigenvalue weighted by Gasteiger charge is 2.37. The van der Waals surface area contributed by atoms with E-state index in [1.54, 1.807) is 6.07 Å². The lowest BCUT2D eigenvalue weighted by atomic mass is 9.76. The van der Waals surface area contributed by atoms with Crippen LogP contribution in [0.1, 0.15) is 61.3 Å². The first kappa shape index (κ1) is 17.6. The lowest BCUT2D eigenvalue weighted by Gasteiger charge is -2.41. The van der Waals surface area contributed by atoms with Crippen LogP contribution in [0.2, 0.25) is 0 Å². The molecule has 3 rings (SSSR count). The first-order chi connectivity index (χ1) is 11.7. The number of hydrogen-bond acceptors (Lipinski definition) is 3. The van der Waals surface area contributed by atoms with E-state index in [9.17, 15) is 4.79 Å². The molecule has 3 nitrogen and oxygen atoms in total. The lowest BCUT2D eigenvalue weighted by Crippen LogP contribution is -2.33. The van der Waals surface area contributed by atoms with Gasteiger partial charge in [0.1, 0.15) is 5.69 Å². The number of aromatic carboxylic acids is 1. The predicted molar refractivity (Wildman–Crippen MR) is 101 cm³/mol. The van der Waals surface area contributed by atoms with Crippen molar-refractivity contribution in [1.82, 2.24) is 4.98 Å². The van der Waals surface area contributed by atoms with Gasteiger partial charge in [0.15, 0.2) is 0 Å². The summed E-state index contributed by atoms with van der Waals surface area (Å²) in [5, 5.41) is 8.90. The fourth-order valence-corrected chi connectivity index (χ4v) is 5.06. The van der Waals surface area contributed by atoms with Crippen molar-refractivity contribution in [2.24, 2.45) is 0 Å². The molecule has 2 aromatic rings. The molecule has 1 N–H and O–H groups in total. The van der Waals surface area contributed by atoms with Crippen LogP contribution in [0, 0.1) is 11.8 Å². The number of aromatic nitrogens is 1. The summed E-state index contributed by atoms with van der Waals surface area (Å²) in [5.74, 6) is 5.18. The molecule has 0 atom stereocenters. The van der Waals surface area contributed by atoms with E-state index in [1.165, 1.54) is 22.7 Å². The third kappa shape index (κ3) is 3.88. The Morgan fingerprint density at radius 3 is 2.56 bits per heavy atom. The number of carbonyl (C=O) groups is 1. The molecular formula is C21H21NO2S. The molecule has 0 saturated carbocycles. The van der Waals surface area contributed by atoms with Crippen molar-refractivity contribution in [3.05, 3.63) is 58.9 Å². The largest absolute Gasteiger partial charge is 0.478 e. The molecule has 0 aliphatic carbocycles. The quantitative estimate of drug-likeness (QED) is 0.755. The summed E-state index contributed by atoms with van der Waals surface area (Å²) in [7, 11) is 0. The monoisotopic (exact) mass is 351 g/mol. The highest BCUT2D eigenvalue weighted by atomic mass is 32.2. The van der Waals surface area contributed by atoms with Crippen molar-refractivity contribution >= 4 is 17.7 Å². The highest BCUT2D eigenvalue weighted by Crippen LogP contribution is 2.50. The number of nitrogens with zero attached hydrogens (tertiary/aromatic N) is 1. The second-order valence-electron chi connectivity index (χ2n) is 7.62. The Morgan fingerprint density at radius 1 is 1.16 bits per heavy atom. The molecule has 4 heteroatoms. The molecule has 0 fully saturated rings. The zero-order valence-corrected chi connectivity index (χ0v) is 15.7. The molecule has 128 valence electrons. The van der Waals surface area contributed by atoms with E-state index in [4.69, 9.17) is 5.11 Å². The van der Waals surface area contributed by atoms with Gasteiger partial charge in [0.05, 0.1) is 5.56 Å². The van der Waals surface area contributed by atoms with Crippen LogP contribution in [0.15, 0.2) is 41.4 Å². The SMILES string of the molecule is CC1(C)CC(C)(C)c2cc(C#Cc3ccc(C(=O)O)cn3)ccc2S1. The van der Waals surface area contributed by atoms with Crippen LogP contribution in [0.5, 0.6) is 0 Å². The van der Waals surface area contributed by atoms with Crippen LogP contribution in [0.3, 0.4) is 0 Å². The van der Waals surface area contributed by atoms with Crippen LogP contribution in [0.25, 0.3) is 0 Å². The molecule has 0 amide bonds. The molecule has 0 radical (unpaired) electrons. The summed E-state index contributed by atoms with van der Waals surface area (Å²) in [6.45, 7) is 9.17. The summed E-state index contributed by atoms with van der Waals surface area (Å²) >= 11 is 1.93. The standard InChI is InChI=1S/C21H21NO2S/c1-20(2)13-21(3,4)25-18-10-6-14(11-17(18)20)5-8-16-9-7-15(12-22-16)19(23)24/h6-7,9-12H,13H2,1-4H3,(H,23,24). The number of pyridine rings is 1. The molecule has 1 aromatic heterocycles. The Morgan fingerprint density at radius 2 is 1.92 bits per heavy atom. The van der Waals surface area contributed by atoms with Gasteiger partial charge in [-0.2, -0.15) is 0 Å². The smallest absolute Gasteiger partial charge is 0.337 e. The fourth-order valence-electron chi connectivity index (χ4n) is 3.45. The first-order valence-corrected chi connectivity index (χ1v) is 9.03. The molecule has 25 heavy (non-hydrogen) atoms. The predicted octanol–water partition coefficient (Wildman–Crippen LogP) is 4.73. The number of thioether (sulfide) groups is 1. The number of fused-ring (bicyclic) bond motifs is 1. The third-order valence-corrected chi connectivity index (χ3v) is 5.58. The Hall–Kier alpha value is -2.25. The van der Waals surface area contributed by atoms with Gasteiger partial charge in [0, 0.05) is 21.4 Å². The lowest BCUT2D eigenvalue weighted by molar-refractivity contribution is 0.0696. The van der Waals surface area contributed by atoms with Gasteiger partial charge >= 0.3 is 5.97 Å². The normalized spacial score (nSPS) is 17.1. The maximum Gasteiger partial charge on any atom is 0.337 e. The second-order valence-corrected chi connectivity index (χ2v) is 9.37. The molecule has 2 heterocycles. The van der Waals surface area contributed by atoms with Gasteiger partial charge in [-0.15, -0.1) is 11.8 Å². The summed E-state index contributed by atoms with van der Waals surface area (Å²) in [6.07, 6.45) is 2.45. The Bertz CT molecular complexity index is 886. The number of carboxylic acid groups (broad SMARTS) is 1. The fraction of sp³-hybridized carbons (Fsp3) is 0.333. The van der Waals surface area contributed by atoms with Crippen molar-refractivity contribution in [3.63, 3.8) is 0 Å². The minimum absolute atomic E-state index is 0.114. The molecule has 0 saturated heterocycles. The maximum atomic E-state index is 10.9. The Balaban J connectivity index is 1.90. The van der Waals surface area contributed by atoms with Crippen molar-refractivity contribution in [1.29, 1.82) is 0 Å². The van der Waals surface area contributed by atoms with Crippen molar-refractivity contribution < 1.29 is 9.90 Å². The van der Waals surface area contributed by atoms with Gasteiger partial charge in [-0.1, -0.05) is 33.6 Å². The highest BCUT2D eigenvalue weighted by molar-refractivity contribution is 8.00.